The number of carbonyl (C=O) groups excluding carboxylic acids is 1. The molecule has 0 spiro atoms. The molecule has 5 aromatic rings. The number of fused-ring (bicyclic) bond motifs is 2. The Morgan fingerprint density at radius 1 is 0.905 bits per heavy atom. The van der Waals surface area contributed by atoms with Crippen LogP contribution in [0.15, 0.2) is 79.3 Å². The molecular formula is C34H34N6O2. The van der Waals surface area contributed by atoms with Gasteiger partial charge in [0.15, 0.2) is 5.65 Å². The lowest BCUT2D eigenvalue weighted by Gasteiger charge is -2.45. The highest BCUT2D eigenvalue weighted by molar-refractivity contribution is 6.02. The van der Waals surface area contributed by atoms with Gasteiger partial charge in [0.05, 0.1) is 17.8 Å². The normalized spacial score (nSPS) is 17.4. The summed E-state index contributed by atoms with van der Waals surface area (Å²) in [7, 11) is 0. The number of benzene rings is 3. The molecule has 1 fully saturated rings. The Balaban J connectivity index is 1.24. The fraction of sp³-hybridized carbons (Fsp3) is 0.294. The molecule has 1 aliphatic rings. The molecule has 0 bridgehead atoms. The zero-order valence-corrected chi connectivity index (χ0v) is 24.6. The average molecular weight is 559 g/mol. The first kappa shape index (κ1) is 27.3. The van der Waals surface area contributed by atoms with Crippen molar-refractivity contribution in [3.8, 4) is 28.3 Å². The zero-order valence-electron chi connectivity index (χ0n) is 24.6. The summed E-state index contributed by atoms with van der Waals surface area (Å²) in [6.07, 6.45) is 5.46. The van der Waals surface area contributed by atoms with E-state index >= 15 is 0 Å². The maximum atomic E-state index is 12.7. The van der Waals surface area contributed by atoms with E-state index < -0.39 is 5.60 Å². The lowest BCUT2D eigenvalue weighted by molar-refractivity contribution is 0.0193. The molecule has 1 aliphatic heterocycles. The van der Waals surface area contributed by atoms with Gasteiger partial charge in [-0.15, -0.1) is 0 Å². The summed E-state index contributed by atoms with van der Waals surface area (Å²) in [4.78, 5) is 21.7. The molecule has 1 saturated heterocycles. The molecule has 6 rings (SSSR count). The van der Waals surface area contributed by atoms with E-state index in [0.29, 0.717) is 18.7 Å². The van der Waals surface area contributed by atoms with E-state index in [1.54, 1.807) is 0 Å². The standard InChI is InChI=1S/C34H34N6O2/c1-22-19-38(33(41)42-34(3,4)5)20-23(2)40(22)27-13-10-24(11-14-27)26-17-36-32-31(18-37-39(32)21-26)30-15-12-25(16-35)28-8-6-7-9-29(28)30/h6-15,17-18,21-23H,19-20H2,1-5H3/t22-,23+. The largest absolute Gasteiger partial charge is 0.444 e. The van der Waals surface area contributed by atoms with Crippen molar-refractivity contribution >= 4 is 28.2 Å². The van der Waals surface area contributed by atoms with Gasteiger partial charge in [0.1, 0.15) is 5.60 Å². The number of rotatable bonds is 3. The van der Waals surface area contributed by atoms with Gasteiger partial charge in [-0.1, -0.05) is 42.5 Å². The fourth-order valence-corrected chi connectivity index (χ4v) is 5.98. The van der Waals surface area contributed by atoms with Crippen molar-refractivity contribution in [3.05, 3.63) is 84.8 Å². The second kappa shape index (κ2) is 10.5. The Hall–Kier alpha value is -4.90. The van der Waals surface area contributed by atoms with Crippen molar-refractivity contribution in [2.45, 2.75) is 52.3 Å². The minimum absolute atomic E-state index is 0.144. The molecule has 0 unspecified atom stereocenters. The van der Waals surface area contributed by atoms with E-state index in [1.165, 1.54) is 0 Å². The summed E-state index contributed by atoms with van der Waals surface area (Å²) in [6, 6.07) is 22.8. The first-order valence-corrected chi connectivity index (χ1v) is 14.3. The Morgan fingerprint density at radius 3 is 2.26 bits per heavy atom. The number of ether oxygens (including phenoxy) is 1. The van der Waals surface area contributed by atoms with Gasteiger partial charge in [0.25, 0.3) is 0 Å². The van der Waals surface area contributed by atoms with Gasteiger partial charge in [-0.25, -0.2) is 14.3 Å². The first-order valence-electron chi connectivity index (χ1n) is 14.3. The Labute approximate surface area is 245 Å². The fourth-order valence-electron chi connectivity index (χ4n) is 5.98. The van der Waals surface area contributed by atoms with Crippen LogP contribution in [0.2, 0.25) is 0 Å². The van der Waals surface area contributed by atoms with Crippen molar-refractivity contribution in [2.24, 2.45) is 0 Å². The maximum absolute atomic E-state index is 12.7. The van der Waals surface area contributed by atoms with Crippen LogP contribution in [-0.4, -0.2) is 56.4 Å². The minimum Gasteiger partial charge on any atom is -0.444 e. The highest BCUT2D eigenvalue weighted by Gasteiger charge is 2.34. The quantitative estimate of drug-likeness (QED) is 0.239. The van der Waals surface area contributed by atoms with Gasteiger partial charge in [0.2, 0.25) is 0 Å². The predicted molar refractivity (Wildman–Crippen MR) is 165 cm³/mol. The molecule has 3 aromatic carbocycles. The third kappa shape index (κ3) is 5.03. The smallest absolute Gasteiger partial charge is 0.410 e. The summed E-state index contributed by atoms with van der Waals surface area (Å²) in [6.45, 7) is 11.2. The number of aromatic nitrogens is 3. The van der Waals surface area contributed by atoms with E-state index in [9.17, 15) is 10.1 Å². The molecule has 212 valence electrons. The van der Waals surface area contributed by atoms with E-state index in [2.05, 4.69) is 54.2 Å². The topological polar surface area (TPSA) is 86.8 Å². The van der Waals surface area contributed by atoms with Gasteiger partial charge in [-0.05, 0) is 69.3 Å². The zero-order chi connectivity index (χ0) is 29.6. The number of hydrogen-bond acceptors (Lipinski definition) is 6. The third-order valence-electron chi connectivity index (χ3n) is 7.76. The summed E-state index contributed by atoms with van der Waals surface area (Å²) < 4.78 is 7.42. The second-order valence-electron chi connectivity index (χ2n) is 12.0. The molecule has 0 radical (unpaired) electrons. The number of piperazine rings is 1. The SMILES string of the molecule is C[C@@H]1CN(C(=O)OC(C)(C)C)C[C@H](C)N1c1ccc(-c2cnc3c(-c4ccc(C#N)c5ccccc45)cnn3c2)cc1. The molecule has 2 atom stereocenters. The van der Waals surface area contributed by atoms with Gasteiger partial charge < -0.3 is 14.5 Å². The molecule has 0 N–H and O–H groups in total. The minimum atomic E-state index is -0.510. The molecule has 2 aromatic heterocycles. The summed E-state index contributed by atoms with van der Waals surface area (Å²) in [5.41, 5.74) is 5.94. The van der Waals surface area contributed by atoms with Crippen LogP contribution in [-0.2, 0) is 4.74 Å². The highest BCUT2D eigenvalue weighted by Crippen LogP contribution is 2.34. The molecule has 1 amide bonds. The van der Waals surface area contributed by atoms with Crippen LogP contribution < -0.4 is 4.90 Å². The average Bonchev–Trinajstić information content (AvgIpc) is 3.39. The van der Waals surface area contributed by atoms with E-state index in [0.717, 1.165) is 44.4 Å². The second-order valence-corrected chi connectivity index (χ2v) is 12.0. The van der Waals surface area contributed by atoms with E-state index in [1.807, 2.05) is 85.2 Å². The first-order chi connectivity index (χ1) is 20.1. The molecule has 0 aliphatic carbocycles. The van der Waals surface area contributed by atoms with Crippen molar-refractivity contribution in [2.75, 3.05) is 18.0 Å². The van der Waals surface area contributed by atoms with Crippen molar-refractivity contribution in [1.29, 1.82) is 5.26 Å². The van der Waals surface area contributed by atoms with Crippen molar-refractivity contribution < 1.29 is 9.53 Å². The lowest BCUT2D eigenvalue weighted by Crippen LogP contribution is -2.58. The van der Waals surface area contributed by atoms with Gasteiger partial charge in [0, 0.05) is 59.8 Å². The molecule has 3 heterocycles. The van der Waals surface area contributed by atoms with Gasteiger partial charge >= 0.3 is 6.09 Å². The molecule has 42 heavy (non-hydrogen) atoms. The molecule has 8 nitrogen and oxygen atoms in total. The molecule has 8 heteroatoms. The maximum Gasteiger partial charge on any atom is 0.410 e. The van der Waals surface area contributed by atoms with Crippen LogP contribution in [0.4, 0.5) is 10.5 Å². The van der Waals surface area contributed by atoms with Crippen LogP contribution >= 0.6 is 0 Å². The number of hydrogen-bond donors (Lipinski definition) is 0. The summed E-state index contributed by atoms with van der Waals surface area (Å²) in [5.74, 6) is 0. The number of carbonyl (C=O) groups is 1. The molecular weight excluding hydrogens is 524 g/mol. The monoisotopic (exact) mass is 558 g/mol. The third-order valence-corrected chi connectivity index (χ3v) is 7.76. The van der Waals surface area contributed by atoms with Crippen LogP contribution in [0.3, 0.4) is 0 Å². The van der Waals surface area contributed by atoms with E-state index in [4.69, 9.17) is 9.72 Å². The lowest BCUT2D eigenvalue weighted by atomic mass is 9.97. The Bertz CT molecular complexity index is 1820. The number of amides is 1. The van der Waals surface area contributed by atoms with Crippen LogP contribution in [0.25, 0.3) is 38.7 Å². The van der Waals surface area contributed by atoms with Gasteiger partial charge in [-0.2, -0.15) is 10.4 Å². The van der Waals surface area contributed by atoms with Crippen LogP contribution in [0.1, 0.15) is 40.2 Å². The summed E-state index contributed by atoms with van der Waals surface area (Å²) in [5, 5.41) is 16.1. The number of anilines is 1. The van der Waals surface area contributed by atoms with E-state index in [-0.39, 0.29) is 18.2 Å². The number of nitrogens with zero attached hydrogens (tertiary/aromatic N) is 6. The van der Waals surface area contributed by atoms with Crippen molar-refractivity contribution in [3.63, 3.8) is 0 Å². The Morgan fingerprint density at radius 2 is 1.60 bits per heavy atom. The van der Waals surface area contributed by atoms with Crippen LogP contribution in [0, 0.1) is 11.3 Å². The molecule has 0 saturated carbocycles. The Kier molecular flexibility index (Phi) is 6.82. The van der Waals surface area contributed by atoms with Crippen LogP contribution in [0.5, 0.6) is 0 Å². The van der Waals surface area contributed by atoms with Gasteiger partial charge in [-0.3, -0.25) is 0 Å². The number of nitriles is 1. The predicted octanol–water partition coefficient (Wildman–Crippen LogP) is 6.92. The summed E-state index contributed by atoms with van der Waals surface area (Å²) >= 11 is 0. The van der Waals surface area contributed by atoms with Crippen molar-refractivity contribution in [1.82, 2.24) is 19.5 Å². The highest BCUT2D eigenvalue weighted by atomic mass is 16.6.